The molecule has 0 atom stereocenters. The van der Waals surface area contributed by atoms with E-state index in [0.29, 0.717) is 24.1 Å². The highest BCUT2D eigenvalue weighted by atomic mass is 16.5. The summed E-state index contributed by atoms with van der Waals surface area (Å²) < 4.78 is 4.82. The smallest absolute Gasteiger partial charge is 0.325 e. The van der Waals surface area contributed by atoms with Crippen molar-refractivity contribution in [2.24, 2.45) is 0 Å². The fourth-order valence-electron chi connectivity index (χ4n) is 1.27. The van der Waals surface area contributed by atoms with Gasteiger partial charge in [0, 0.05) is 11.5 Å². The molecule has 0 unspecified atom stereocenters. The quantitative estimate of drug-likeness (QED) is 0.786. The van der Waals surface area contributed by atoms with Crippen LogP contribution in [0, 0.1) is 0 Å². The van der Waals surface area contributed by atoms with E-state index in [-0.39, 0.29) is 17.9 Å². The molecule has 0 fully saturated rings. The van der Waals surface area contributed by atoms with Crippen molar-refractivity contribution < 1.29 is 9.53 Å². The summed E-state index contributed by atoms with van der Waals surface area (Å²) >= 11 is 0. The van der Waals surface area contributed by atoms with Gasteiger partial charge in [-0.2, -0.15) is 0 Å². The zero-order valence-corrected chi connectivity index (χ0v) is 11.3. The average Bonchev–Trinajstić information content (AvgIpc) is 2.25. The molecule has 0 amide bonds. The molecular formula is C12H20N4O2. The van der Waals surface area contributed by atoms with Gasteiger partial charge in [-0.25, -0.2) is 9.97 Å². The number of hydrogen-bond donors (Lipinski definition) is 2. The van der Waals surface area contributed by atoms with E-state index in [0.717, 1.165) is 0 Å². The van der Waals surface area contributed by atoms with Crippen LogP contribution >= 0.6 is 0 Å². The topological polar surface area (TPSA) is 90.1 Å². The van der Waals surface area contributed by atoms with Crippen LogP contribution in [0.4, 0.5) is 11.6 Å². The number of carbonyl (C=O) groups excluding carboxylic acids is 1. The lowest BCUT2D eigenvalue weighted by Crippen LogP contribution is -2.21. The molecule has 0 aromatic carbocycles. The minimum Gasteiger partial charge on any atom is -0.465 e. The molecule has 0 spiro atoms. The Morgan fingerprint density at radius 1 is 1.44 bits per heavy atom. The first-order valence-corrected chi connectivity index (χ1v) is 5.87. The largest absolute Gasteiger partial charge is 0.465 e. The fraction of sp³-hybridized carbons (Fsp3) is 0.583. The highest BCUT2D eigenvalue weighted by Gasteiger charge is 2.18. The highest BCUT2D eigenvalue weighted by molar-refractivity contribution is 5.74. The van der Waals surface area contributed by atoms with Crippen LogP contribution in [-0.4, -0.2) is 29.1 Å². The zero-order chi connectivity index (χ0) is 13.8. The molecule has 1 aromatic heterocycles. The molecular weight excluding hydrogens is 232 g/mol. The van der Waals surface area contributed by atoms with Crippen molar-refractivity contribution in [3.63, 3.8) is 0 Å². The molecule has 100 valence electrons. The number of aromatic nitrogens is 2. The van der Waals surface area contributed by atoms with Crippen LogP contribution in [0.3, 0.4) is 0 Å². The van der Waals surface area contributed by atoms with Crippen molar-refractivity contribution in [2.45, 2.75) is 33.1 Å². The Labute approximate surface area is 107 Å². The summed E-state index contributed by atoms with van der Waals surface area (Å²) in [5.74, 6) is 1.21. The van der Waals surface area contributed by atoms with E-state index in [2.05, 4.69) is 15.3 Å². The van der Waals surface area contributed by atoms with Crippen LogP contribution in [0.5, 0.6) is 0 Å². The molecule has 6 heteroatoms. The van der Waals surface area contributed by atoms with E-state index in [1.54, 1.807) is 13.0 Å². The van der Waals surface area contributed by atoms with Crippen molar-refractivity contribution >= 4 is 17.6 Å². The lowest BCUT2D eigenvalue weighted by Gasteiger charge is -2.17. The van der Waals surface area contributed by atoms with Gasteiger partial charge in [-0.3, -0.25) is 4.79 Å². The highest BCUT2D eigenvalue weighted by Crippen LogP contribution is 2.20. The van der Waals surface area contributed by atoms with E-state index in [1.807, 2.05) is 20.8 Å². The van der Waals surface area contributed by atoms with Crippen molar-refractivity contribution in [1.29, 1.82) is 0 Å². The van der Waals surface area contributed by atoms with E-state index < -0.39 is 0 Å². The Kier molecular flexibility index (Phi) is 4.47. The second kappa shape index (κ2) is 5.66. The van der Waals surface area contributed by atoms with Gasteiger partial charge in [0.15, 0.2) is 0 Å². The second-order valence-electron chi connectivity index (χ2n) is 4.91. The molecule has 0 bridgehead atoms. The third kappa shape index (κ3) is 4.20. The fourth-order valence-corrected chi connectivity index (χ4v) is 1.27. The van der Waals surface area contributed by atoms with Crippen LogP contribution in [0.15, 0.2) is 6.07 Å². The first-order valence-electron chi connectivity index (χ1n) is 5.87. The number of nitrogens with zero attached hydrogens (tertiary/aromatic N) is 2. The maximum Gasteiger partial charge on any atom is 0.325 e. The summed E-state index contributed by atoms with van der Waals surface area (Å²) in [6, 6.07) is 1.59. The summed E-state index contributed by atoms with van der Waals surface area (Å²) in [4.78, 5) is 19.7. The SMILES string of the molecule is CCOC(=O)CNc1cc(N)nc(C(C)(C)C)n1. The Balaban J connectivity index is 2.78. The summed E-state index contributed by atoms with van der Waals surface area (Å²) in [7, 11) is 0. The Hall–Kier alpha value is -1.85. The molecule has 0 saturated heterocycles. The van der Waals surface area contributed by atoms with Gasteiger partial charge in [0.05, 0.1) is 6.61 Å². The summed E-state index contributed by atoms with van der Waals surface area (Å²) in [6.07, 6.45) is 0. The minimum absolute atomic E-state index is 0.0634. The first-order chi connectivity index (χ1) is 8.32. The predicted octanol–water partition coefficient (Wildman–Crippen LogP) is 1.33. The number of nitrogen functional groups attached to an aromatic ring is 1. The number of ether oxygens (including phenoxy) is 1. The van der Waals surface area contributed by atoms with Gasteiger partial charge in [0.25, 0.3) is 0 Å². The third-order valence-corrected chi connectivity index (χ3v) is 2.14. The molecule has 3 N–H and O–H groups in total. The molecule has 0 aliphatic rings. The molecule has 0 saturated carbocycles. The number of carbonyl (C=O) groups is 1. The molecule has 0 aliphatic carbocycles. The Morgan fingerprint density at radius 3 is 2.67 bits per heavy atom. The Morgan fingerprint density at radius 2 is 2.11 bits per heavy atom. The van der Waals surface area contributed by atoms with E-state index >= 15 is 0 Å². The van der Waals surface area contributed by atoms with Gasteiger partial charge >= 0.3 is 5.97 Å². The lowest BCUT2D eigenvalue weighted by molar-refractivity contribution is -0.140. The van der Waals surface area contributed by atoms with Gasteiger partial charge in [0.2, 0.25) is 0 Å². The minimum atomic E-state index is -0.327. The first kappa shape index (κ1) is 14.2. The Bertz CT molecular complexity index is 427. The van der Waals surface area contributed by atoms with Crippen molar-refractivity contribution in [1.82, 2.24) is 9.97 Å². The normalized spacial score (nSPS) is 11.1. The standard InChI is InChI=1S/C12H20N4O2/c1-5-18-10(17)7-14-9-6-8(13)15-11(16-9)12(2,3)4/h6H,5,7H2,1-4H3,(H3,13,14,15,16). The molecule has 0 radical (unpaired) electrons. The summed E-state index contributed by atoms with van der Waals surface area (Å²) in [5, 5.41) is 2.88. The van der Waals surface area contributed by atoms with Crippen LogP contribution < -0.4 is 11.1 Å². The van der Waals surface area contributed by atoms with Gasteiger partial charge < -0.3 is 15.8 Å². The number of nitrogens with one attached hydrogen (secondary N) is 1. The third-order valence-electron chi connectivity index (χ3n) is 2.14. The van der Waals surface area contributed by atoms with Crippen molar-refractivity contribution in [3.05, 3.63) is 11.9 Å². The van der Waals surface area contributed by atoms with Gasteiger partial charge in [-0.1, -0.05) is 20.8 Å². The molecule has 0 aliphatic heterocycles. The second-order valence-corrected chi connectivity index (χ2v) is 4.91. The maximum atomic E-state index is 11.2. The van der Waals surface area contributed by atoms with E-state index in [4.69, 9.17) is 10.5 Å². The van der Waals surface area contributed by atoms with Crippen LogP contribution in [-0.2, 0) is 14.9 Å². The number of esters is 1. The number of nitrogens with two attached hydrogens (primary N) is 1. The van der Waals surface area contributed by atoms with Gasteiger partial charge in [0.1, 0.15) is 24.0 Å². The van der Waals surface area contributed by atoms with E-state index in [9.17, 15) is 4.79 Å². The van der Waals surface area contributed by atoms with Gasteiger partial charge in [-0.15, -0.1) is 0 Å². The number of anilines is 2. The maximum absolute atomic E-state index is 11.2. The van der Waals surface area contributed by atoms with Crippen LogP contribution in [0.2, 0.25) is 0 Å². The summed E-state index contributed by atoms with van der Waals surface area (Å²) in [5.41, 5.74) is 5.52. The van der Waals surface area contributed by atoms with Crippen LogP contribution in [0.1, 0.15) is 33.5 Å². The predicted molar refractivity (Wildman–Crippen MR) is 70.3 cm³/mol. The lowest BCUT2D eigenvalue weighted by atomic mass is 9.96. The molecule has 1 rings (SSSR count). The number of rotatable bonds is 4. The number of hydrogen-bond acceptors (Lipinski definition) is 6. The van der Waals surface area contributed by atoms with Crippen molar-refractivity contribution in [2.75, 3.05) is 24.2 Å². The zero-order valence-electron chi connectivity index (χ0n) is 11.3. The van der Waals surface area contributed by atoms with Gasteiger partial charge in [-0.05, 0) is 6.92 Å². The van der Waals surface area contributed by atoms with Crippen LogP contribution in [0.25, 0.3) is 0 Å². The molecule has 1 aromatic rings. The molecule has 1 heterocycles. The molecule has 18 heavy (non-hydrogen) atoms. The monoisotopic (exact) mass is 252 g/mol. The van der Waals surface area contributed by atoms with Crippen molar-refractivity contribution in [3.8, 4) is 0 Å². The summed E-state index contributed by atoms with van der Waals surface area (Å²) in [6.45, 7) is 8.18. The van der Waals surface area contributed by atoms with E-state index in [1.165, 1.54) is 0 Å². The average molecular weight is 252 g/mol. The molecule has 6 nitrogen and oxygen atoms in total.